The van der Waals surface area contributed by atoms with Crippen LogP contribution in [0.3, 0.4) is 0 Å². The van der Waals surface area contributed by atoms with Crippen molar-refractivity contribution in [2.45, 2.75) is 113 Å². The number of benzene rings is 6. The Morgan fingerprint density at radius 3 is 1.28 bits per heavy atom. The maximum absolute atomic E-state index is 14.3. The minimum atomic E-state index is -2.41. The van der Waals surface area contributed by atoms with Crippen molar-refractivity contribution in [3.8, 4) is 23.0 Å². The second-order valence-corrected chi connectivity index (χ2v) is 32.9. The molecule has 2 aliphatic carbocycles. The average Bonchev–Trinajstić information content (AvgIpc) is 1.58. The number of fused-ring (bicyclic) bond motifs is 6. The maximum atomic E-state index is 14.3. The number of allylic oxidation sites excluding steroid dienone is 8. The third kappa shape index (κ3) is 15.1. The van der Waals surface area contributed by atoms with Crippen molar-refractivity contribution in [3.63, 3.8) is 0 Å². The maximum Gasteiger partial charge on any atom is 0.185 e. The minimum Gasteiger partial charge on any atom is -0.289 e. The summed E-state index contributed by atoms with van der Waals surface area (Å²) in [5.74, 6) is -2.41. The number of carbonyl (C=O) groups excluding carboxylic acids is 10. The van der Waals surface area contributed by atoms with E-state index in [-0.39, 0.29) is 114 Å². The predicted octanol–water partition coefficient (Wildman–Crippen LogP) is 12.5. The van der Waals surface area contributed by atoms with E-state index in [1.54, 1.807) is 114 Å². The average molecular weight is 1410 g/mol. The molecule has 10 rings (SSSR count). The topological polar surface area (TPSA) is 233 Å². The predicted molar refractivity (Wildman–Crippen MR) is 398 cm³/mol. The van der Waals surface area contributed by atoms with Crippen LogP contribution in [0, 0.1) is 10.8 Å². The number of ether oxygens (including phenoxy) is 4. The van der Waals surface area contributed by atoms with E-state index in [2.05, 4.69) is 96.3 Å². The summed E-state index contributed by atoms with van der Waals surface area (Å²) in [5.41, 5.74) is 0.449. The third-order valence-corrected chi connectivity index (χ3v) is 26.0. The van der Waals surface area contributed by atoms with Crippen LogP contribution in [0.25, 0.3) is 0 Å². The van der Waals surface area contributed by atoms with Gasteiger partial charge in [0.05, 0.1) is 0 Å². The molecule has 1 spiro atoms. The fraction of sp³-hybridized carbons (Fsp3) is 0.349. The summed E-state index contributed by atoms with van der Waals surface area (Å²) in [5, 5.41) is 7.19. The molecule has 0 saturated carbocycles. The number of hydrogen-bond acceptors (Lipinski definition) is 14. The Bertz CT molecular complexity index is 4300. The fourth-order valence-corrected chi connectivity index (χ4v) is 19.6. The molecule has 4 aliphatic rings. The molecule has 19 nitrogen and oxygen atoms in total. The molecule has 5 amide bonds. The van der Waals surface area contributed by atoms with E-state index in [4.69, 9.17) is 18.9 Å². The van der Waals surface area contributed by atoms with Gasteiger partial charge in [-0.3, -0.25) is 28.8 Å². The van der Waals surface area contributed by atoms with Crippen molar-refractivity contribution >= 4 is 82.2 Å². The van der Waals surface area contributed by atoms with Crippen LogP contribution in [-0.4, -0.2) is 146 Å². The molecule has 538 valence electrons. The number of unbranched alkanes of at least 4 members (excludes halogenated alkanes) is 3. The van der Waals surface area contributed by atoms with E-state index in [9.17, 15) is 47.9 Å². The second kappa shape index (κ2) is 30.7. The quantitative estimate of drug-likeness (QED) is 0.0243. The van der Waals surface area contributed by atoms with Crippen LogP contribution in [0.5, 0.6) is 23.0 Å². The molecular formula is C83H92N5O14P. The summed E-state index contributed by atoms with van der Waals surface area (Å²) in [6, 6.07) is 46.5. The van der Waals surface area contributed by atoms with E-state index in [0.717, 1.165) is 31.8 Å². The summed E-state index contributed by atoms with van der Waals surface area (Å²) in [7, 11) is 3.78. The Balaban J connectivity index is 0.848. The van der Waals surface area contributed by atoms with Gasteiger partial charge in [0, 0.05) is 146 Å². The van der Waals surface area contributed by atoms with E-state index in [1.165, 1.54) is 73.9 Å². The van der Waals surface area contributed by atoms with Gasteiger partial charge >= 0.3 is 227 Å². The second-order valence-electron chi connectivity index (χ2n) is 28.8. The van der Waals surface area contributed by atoms with Crippen LogP contribution in [0.1, 0.15) is 145 Å². The van der Waals surface area contributed by atoms with Gasteiger partial charge in [-0.15, -0.1) is 0 Å². The van der Waals surface area contributed by atoms with Gasteiger partial charge in [0.1, 0.15) is 23.0 Å². The van der Waals surface area contributed by atoms with Gasteiger partial charge < -0.3 is 38.5 Å². The van der Waals surface area contributed by atoms with Gasteiger partial charge in [0.15, 0.2) is 23.1 Å². The summed E-state index contributed by atoms with van der Waals surface area (Å²) < 4.78 is 25.0. The molecule has 0 unspecified atom stereocenters. The number of likely N-dealkylation sites (N-methyl/N-ethyl adjacent to an activating group) is 4. The first-order chi connectivity index (χ1) is 48.8. The van der Waals surface area contributed by atoms with Crippen molar-refractivity contribution in [1.82, 2.24) is 24.9 Å². The van der Waals surface area contributed by atoms with Crippen molar-refractivity contribution in [3.05, 3.63) is 218 Å². The Labute approximate surface area is 603 Å². The number of Topliss-reactive ketones (excluding diaryl/α,β-unsaturated/α-hetero) is 4. The molecule has 6 aromatic rings. The number of esters is 1. The van der Waals surface area contributed by atoms with E-state index >= 15 is 0 Å². The van der Waals surface area contributed by atoms with E-state index in [0.29, 0.717) is 67.8 Å². The number of nitrogens with one attached hydrogen (secondary N) is 1. The Hall–Kier alpha value is -10.4. The van der Waals surface area contributed by atoms with Crippen molar-refractivity contribution in [1.29, 1.82) is 0 Å². The minimum absolute atomic E-state index is 0.0290. The summed E-state index contributed by atoms with van der Waals surface area (Å²) in [6.45, 7) is 17.4. The molecule has 6 aromatic carbocycles. The monoisotopic (exact) mass is 1410 g/mol. The Morgan fingerprint density at radius 2 is 0.854 bits per heavy atom. The SMILES string of the molecule is CC1=C(C)C(=O)C(C(C)(C)CC(=O)N(C)CCN(C)C(=O)Oc2ccc3c(c2)Oc2cc(OC(=O)N(C)CCN(C)C(=O)CC(C)(C)C4=C(C)C(=O)C(C)=C(C)C4=O)ccc2C32OC(=O)c3ccc(C(=O)NCCCCCC[PH](c4ccccc4)(c4ccccc4)c4ccccc4)cc32)=C(C)C1=O. The third-order valence-electron chi connectivity index (χ3n) is 20.9. The number of amides is 5. The van der Waals surface area contributed by atoms with E-state index in [1.807, 2.05) is 0 Å². The van der Waals surface area contributed by atoms with Crippen molar-refractivity contribution in [2.75, 3.05) is 67.1 Å². The molecule has 103 heavy (non-hydrogen) atoms. The summed E-state index contributed by atoms with van der Waals surface area (Å²) >= 11 is 0. The molecular weight excluding hydrogens is 1320 g/mol. The van der Waals surface area contributed by atoms with Gasteiger partial charge in [-0.2, -0.15) is 0 Å². The van der Waals surface area contributed by atoms with Crippen LogP contribution >= 0.6 is 7.26 Å². The fourth-order valence-electron chi connectivity index (χ4n) is 14.6. The first kappa shape index (κ1) is 75.3. The zero-order chi connectivity index (χ0) is 74.6. The normalized spacial score (nSPS) is 15.1. The number of hydrogen-bond donors (Lipinski definition) is 1. The molecule has 20 heteroatoms. The largest absolute Gasteiger partial charge is 0.289 e. The first-order valence-corrected chi connectivity index (χ1v) is 37.1. The molecule has 1 N–H and O–H groups in total. The molecule has 0 bridgehead atoms. The Kier molecular flexibility index (Phi) is 22.4. The molecule has 0 atom stereocenters. The zero-order valence-corrected chi connectivity index (χ0v) is 62.3. The smallest absolute Gasteiger partial charge is 0.185 e. The van der Waals surface area contributed by atoms with Crippen LogP contribution < -0.4 is 35.4 Å². The molecule has 2 heterocycles. The van der Waals surface area contributed by atoms with Crippen molar-refractivity contribution < 1.29 is 66.9 Å². The van der Waals surface area contributed by atoms with Crippen LogP contribution in [0.2, 0.25) is 0 Å². The van der Waals surface area contributed by atoms with Gasteiger partial charge in [-0.25, -0.2) is 14.4 Å². The molecule has 0 fully saturated rings. The Morgan fingerprint density at radius 1 is 0.456 bits per heavy atom. The standard InChI is InChI=1S/C83H92N5O14P/c1-51-53(3)75(93)71(55(5)73(51)91)81(7,8)49-69(89)85(11)41-43-87(13)79(97)99-58-35-38-64-67(47-58)101-68-48-59(100-80(98)88(14)44-42-86(12)70(90)50-82(9,10)72-56(6)74(92)52(2)54(4)76(72)94)36-39-65(68)83(64)66-46-57(34-37-63(66)78(96)102-83)77(95)84-40-26-15-16-27-45-103(60-28-20-17-21-29-60,61-30-22-18-23-31-61)62-32-24-19-25-33-62/h17-25,28-39,46-48,103H,15-16,26-27,40-45,49-50H2,1-14H3,(H,84,95). The molecule has 0 saturated heterocycles. The molecule has 0 aromatic heterocycles. The van der Waals surface area contributed by atoms with Gasteiger partial charge in [0.25, 0.3) is 0 Å². The number of ketones is 4. The number of carbonyl (C=O) groups is 10. The number of nitrogens with zero attached hydrogens (tertiary/aromatic N) is 4. The number of rotatable bonds is 25. The van der Waals surface area contributed by atoms with Gasteiger partial charge in [-0.05, 0) is 65.8 Å². The van der Waals surface area contributed by atoms with Gasteiger partial charge in [-0.1, -0.05) is 27.7 Å². The van der Waals surface area contributed by atoms with Crippen molar-refractivity contribution in [2.24, 2.45) is 10.8 Å². The van der Waals surface area contributed by atoms with Crippen LogP contribution in [-0.2, 0) is 39.1 Å². The zero-order valence-electron chi connectivity index (χ0n) is 61.3. The first-order valence-electron chi connectivity index (χ1n) is 34.9. The summed E-state index contributed by atoms with van der Waals surface area (Å²) in [4.78, 5) is 142. The van der Waals surface area contributed by atoms with Gasteiger partial charge in [0.2, 0.25) is 11.8 Å². The van der Waals surface area contributed by atoms with Crippen LogP contribution in [0.15, 0.2) is 190 Å². The molecule has 0 radical (unpaired) electrons. The molecule has 2 aliphatic heterocycles. The van der Waals surface area contributed by atoms with E-state index < -0.39 is 41.8 Å². The summed E-state index contributed by atoms with van der Waals surface area (Å²) in [6.07, 6.45) is 2.82. The van der Waals surface area contributed by atoms with Crippen LogP contribution in [0.4, 0.5) is 9.59 Å².